The highest BCUT2D eigenvalue weighted by atomic mass is 32.1. The normalized spacial score (nSPS) is 16.0. The van der Waals surface area contributed by atoms with Crippen LogP contribution < -0.4 is 102 Å². The number of guanidine groups is 2. The van der Waals surface area contributed by atoms with E-state index in [0.717, 1.165) is 6.42 Å². The van der Waals surface area contributed by atoms with Crippen molar-refractivity contribution in [3.05, 3.63) is 48.0 Å². The van der Waals surface area contributed by atoms with Crippen LogP contribution in [0, 0.1) is 34.5 Å². The van der Waals surface area contributed by atoms with Crippen molar-refractivity contribution >= 4 is 132 Å². The number of hydrogen-bond acceptors (Lipinski definition) is 23. The Morgan fingerprint density at radius 3 is 1.40 bits per heavy atom. The van der Waals surface area contributed by atoms with Crippen LogP contribution in [-0.4, -0.2) is 248 Å². The number of amides is 14. The van der Waals surface area contributed by atoms with Crippen LogP contribution in [0.4, 0.5) is 0 Å². The fourth-order valence-electron chi connectivity index (χ4n) is 12.0. The molecule has 2 heterocycles. The Morgan fingerprint density at radius 2 is 0.949 bits per heavy atom. The Labute approximate surface area is 689 Å². The van der Waals surface area contributed by atoms with Gasteiger partial charge < -0.3 is 123 Å². The number of hydrogen-bond donors (Lipinski definition) is 27. The third-order valence-corrected chi connectivity index (χ3v) is 19.8. The van der Waals surface area contributed by atoms with Crippen molar-refractivity contribution in [3.8, 4) is 5.75 Å². The van der Waals surface area contributed by atoms with Gasteiger partial charge in [-0.3, -0.25) is 82.7 Å². The topological polar surface area (TPSA) is 681 Å². The van der Waals surface area contributed by atoms with Crippen LogP contribution in [0.25, 0.3) is 0 Å². The smallest absolute Gasteiger partial charge is 0.327 e. The molecule has 2 aromatic rings. The van der Waals surface area contributed by atoms with E-state index in [2.05, 4.69) is 120 Å². The quantitative estimate of drug-likeness (QED) is 0.0128. The molecule has 44 heteroatoms. The van der Waals surface area contributed by atoms with Crippen molar-refractivity contribution in [2.75, 3.05) is 37.7 Å². The van der Waals surface area contributed by atoms with Gasteiger partial charge in [-0.25, -0.2) is 9.78 Å². The molecule has 15 atom stereocenters. The molecule has 0 spiro atoms. The highest BCUT2D eigenvalue weighted by Gasteiger charge is 2.40. The van der Waals surface area contributed by atoms with E-state index in [0.29, 0.717) is 18.5 Å². The van der Waals surface area contributed by atoms with Crippen LogP contribution in [0.15, 0.2) is 36.8 Å². The number of primary amides is 1. The number of thiol groups is 2. The SMILES string of the molecule is CC[C@H](C)[C@H](NC(=O)[C@H](CCCNC(=N)N)NC(=O)[C@H](CCC(N)=O)NC(=O)[C@@H](NC(=O)[C@@H](NC(=O)[C@H](CCCNC(=N)N)NC(=O)[C@H](CS)NC(=O)CNC(=O)[C@H](Cc1ccc(O)cc1)NC(=O)[C@@H]1CCCN1)C(C)C)[C@@H](C)CC)C(=O)N[C@@H](CC(C)C)C(=O)N[C@@H](CCC(=O)O)C(=O)N[C@@H](Cc1c[nH]cn1)C(=O)N[C@@H](CS)C(=O)O. The summed E-state index contributed by atoms with van der Waals surface area (Å²) in [6.07, 6.45) is 1.46. The van der Waals surface area contributed by atoms with E-state index in [-0.39, 0.29) is 99.7 Å². The van der Waals surface area contributed by atoms with Gasteiger partial charge in [-0.15, -0.1) is 0 Å². The van der Waals surface area contributed by atoms with Gasteiger partial charge in [0.1, 0.15) is 78.3 Å². The van der Waals surface area contributed by atoms with Crippen molar-refractivity contribution in [2.24, 2.45) is 40.9 Å². The number of carboxylic acids is 2. The molecule has 1 aliphatic rings. The molecule has 652 valence electrons. The molecule has 1 aliphatic heterocycles. The van der Waals surface area contributed by atoms with Gasteiger partial charge in [0.25, 0.3) is 0 Å². The highest BCUT2D eigenvalue weighted by Crippen LogP contribution is 2.18. The maximum Gasteiger partial charge on any atom is 0.327 e. The molecule has 14 amide bonds. The number of aliphatic carboxylic acids is 2. The monoisotopic (exact) mass is 1690 g/mol. The maximum absolute atomic E-state index is 14.8. The molecule has 0 saturated carbocycles. The predicted octanol–water partition coefficient (Wildman–Crippen LogP) is -5.02. The molecule has 0 radical (unpaired) electrons. The van der Waals surface area contributed by atoms with Crippen molar-refractivity contribution in [1.29, 1.82) is 10.8 Å². The molecular formula is C73H119N23O19S2. The molecule has 28 N–H and O–H groups in total. The molecule has 1 aromatic carbocycles. The number of carbonyl (C=O) groups is 16. The Morgan fingerprint density at radius 1 is 0.513 bits per heavy atom. The molecule has 1 fully saturated rings. The first-order valence-electron chi connectivity index (χ1n) is 38.7. The number of aromatic amines is 1. The van der Waals surface area contributed by atoms with E-state index < -0.39 is 235 Å². The second kappa shape index (κ2) is 51.8. The lowest BCUT2D eigenvalue weighted by molar-refractivity contribution is -0.141. The molecule has 3 rings (SSSR count). The van der Waals surface area contributed by atoms with Crippen molar-refractivity contribution in [3.63, 3.8) is 0 Å². The summed E-state index contributed by atoms with van der Waals surface area (Å²) in [5.41, 5.74) is 17.4. The molecule has 0 aliphatic carbocycles. The number of H-pyrrole nitrogens is 1. The van der Waals surface area contributed by atoms with Gasteiger partial charge in [-0.1, -0.05) is 80.4 Å². The van der Waals surface area contributed by atoms with Gasteiger partial charge in [-0.05, 0) is 106 Å². The van der Waals surface area contributed by atoms with Crippen LogP contribution in [0.1, 0.15) is 150 Å². The summed E-state index contributed by atoms with van der Waals surface area (Å²) in [6, 6.07) is -12.6. The minimum absolute atomic E-state index is 0.0158. The molecule has 0 bridgehead atoms. The Kier molecular flexibility index (Phi) is 44.3. The Hall–Kier alpha value is -11.1. The van der Waals surface area contributed by atoms with Gasteiger partial charge in [0.15, 0.2) is 11.9 Å². The first kappa shape index (κ1) is 100. The lowest BCUT2D eigenvalue weighted by Crippen LogP contribution is -2.62. The maximum atomic E-state index is 14.8. The molecule has 1 saturated heterocycles. The predicted molar refractivity (Wildman–Crippen MR) is 433 cm³/mol. The van der Waals surface area contributed by atoms with Crippen molar-refractivity contribution < 1.29 is 92.0 Å². The van der Waals surface area contributed by atoms with E-state index in [1.54, 1.807) is 67.5 Å². The summed E-state index contributed by atoms with van der Waals surface area (Å²) in [5.74, 6) is -19.7. The summed E-state index contributed by atoms with van der Waals surface area (Å²) >= 11 is 8.25. The van der Waals surface area contributed by atoms with Crippen LogP contribution in [-0.2, 0) is 89.6 Å². The third-order valence-electron chi connectivity index (χ3n) is 19.0. The zero-order valence-electron chi connectivity index (χ0n) is 67.1. The highest BCUT2D eigenvalue weighted by molar-refractivity contribution is 7.80. The van der Waals surface area contributed by atoms with Gasteiger partial charge in [0.2, 0.25) is 82.7 Å². The van der Waals surface area contributed by atoms with Crippen molar-refractivity contribution in [1.82, 2.24) is 95.0 Å². The second-order valence-corrected chi connectivity index (χ2v) is 30.1. The summed E-state index contributed by atoms with van der Waals surface area (Å²) in [4.78, 5) is 227. The van der Waals surface area contributed by atoms with Crippen LogP contribution in [0.3, 0.4) is 0 Å². The third kappa shape index (κ3) is 36.8. The van der Waals surface area contributed by atoms with E-state index in [1.807, 2.05) is 0 Å². The molecule has 1 aromatic heterocycles. The Bertz CT molecular complexity index is 3710. The number of nitrogens with zero attached hydrogens (tertiary/aromatic N) is 1. The Balaban J connectivity index is 1.92. The number of aromatic hydroxyl groups is 1. The van der Waals surface area contributed by atoms with Crippen LogP contribution in [0.2, 0.25) is 0 Å². The number of aromatic nitrogens is 2. The molecular weight excluding hydrogens is 1570 g/mol. The second-order valence-electron chi connectivity index (χ2n) is 29.3. The average Bonchev–Trinajstić information content (AvgIpc) is 0.928. The van der Waals surface area contributed by atoms with E-state index in [4.69, 9.17) is 28.0 Å². The number of nitrogens with two attached hydrogens (primary N) is 3. The number of phenolic OH excluding ortho intramolecular Hbond substituents is 1. The number of carboxylic acid groups (broad SMARTS) is 2. The van der Waals surface area contributed by atoms with E-state index in [1.165, 1.54) is 24.7 Å². The fourth-order valence-corrected chi connectivity index (χ4v) is 12.5. The summed E-state index contributed by atoms with van der Waals surface area (Å²) in [5, 5.41) is 86.0. The molecule has 117 heavy (non-hydrogen) atoms. The molecule has 0 unspecified atom stereocenters. The van der Waals surface area contributed by atoms with Gasteiger partial charge in [0, 0.05) is 56.5 Å². The molecule has 42 nitrogen and oxygen atoms in total. The number of benzene rings is 1. The standard InChI is InChI=1S/C73H119N23O19S2/c1-9-38(7)57(70(113)92-48(28-36(3)4)65(108)88-47(22-24-55(100)101)62(105)91-50(30-41-31-79-35-84-41)66(109)93-52(34-117)71(114)115)95-64(107)45(16-13-27-82-73(77)78)86-61(104)46(21-23-53(74)98)89-69(112)58(39(8)10-2)96-68(111)56(37(5)6)94-63(106)44(15-12-26-81-72(75)76)87-67(110)51(33-116)85-54(99)32-83-59(102)49(29-40-17-19-42(97)20-18-40)90-60(103)43-14-11-25-80-43/h17-20,31,35-39,43-52,56-58,80,97,116-117H,9-16,21-30,32-34H2,1-8H3,(H2,74,98)(H,79,84)(H,83,102)(H,85,99)(H,86,104)(H,87,110)(H,88,108)(H,89,112)(H,90,103)(H,91,105)(H,92,113)(H,93,109)(H,94,106)(H,95,107)(H,96,111)(H,100,101)(H,114,115)(H4,75,76,81)(H4,77,78,82)/t38-,39-,43-,44-,45-,46-,47-,48-,49-,50-,51-,52-,56-,57-,58-/m0/s1. The average molecular weight is 1690 g/mol. The van der Waals surface area contributed by atoms with E-state index >= 15 is 0 Å². The summed E-state index contributed by atoms with van der Waals surface area (Å²) < 4.78 is 0. The number of imidazole rings is 1. The number of phenols is 1. The minimum Gasteiger partial charge on any atom is -0.508 e. The summed E-state index contributed by atoms with van der Waals surface area (Å²) in [6.45, 7) is 13.0. The zero-order valence-corrected chi connectivity index (χ0v) is 68.9. The first-order valence-corrected chi connectivity index (χ1v) is 40.0. The fraction of sp³-hybridized carbons (Fsp3) is 0.630. The number of nitrogens with one attached hydrogen (secondary N) is 19. The first-order chi connectivity index (χ1) is 55.2. The van der Waals surface area contributed by atoms with Crippen LogP contribution in [0.5, 0.6) is 5.75 Å². The zero-order chi connectivity index (χ0) is 87.8. The summed E-state index contributed by atoms with van der Waals surface area (Å²) in [7, 11) is 0. The lowest BCUT2D eigenvalue weighted by atomic mass is 9.95. The van der Waals surface area contributed by atoms with Crippen molar-refractivity contribution in [2.45, 2.75) is 230 Å². The van der Waals surface area contributed by atoms with E-state index in [9.17, 15) is 92.0 Å². The van der Waals surface area contributed by atoms with Crippen LogP contribution >= 0.6 is 25.3 Å². The van der Waals surface area contributed by atoms with Gasteiger partial charge in [0.05, 0.1) is 24.6 Å². The number of rotatable bonds is 54. The minimum atomic E-state index is -1.69. The van der Waals surface area contributed by atoms with Gasteiger partial charge in [-0.2, -0.15) is 25.3 Å². The lowest BCUT2D eigenvalue weighted by Gasteiger charge is -2.31. The van der Waals surface area contributed by atoms with Gasteiger partial charge >= 0.3 is 11.9 Å². The largest absolute Gasteiger partial charge is 0.508 e. The number of carbonyl (C=O) groups excluding carboxylic acids is 14.